The molecule has 0 fully saturated rings. The number of nitrogens with one attached hydrogen (secondary N) is 2. The van der Waals surface area contributed by atoms with Gasteiger partial charge in [0.15, 0.2) is 0 Å². The number of nitrogens with zero attached hydrogens (tertiary/aromatic N) is 1. The van der Waals surface area contributed by atoms with Crippen LogP contribution in [-0.2, 0) is 19.3 Å². The molecule has 2 N–H and O–H groups in total. The fourth-order valence-corrected chi connectivity index (χ4v) is 6.13. The summed E-state index contributed by atoms with van der Waals surface area (Å²) in [6.07, 6.45) is 4.94. The van der Waals surface area contributed by atoms with Gasteiger partial charge < -0.3 is 4.98 Å². The van der Waals surface area contributed by atoms with Gasteiger partial charge in [-0.15, -0.1) is 22.7 Å². The van der Waals surface area contributed by atoms with E-state index in [1.165, 1.54) is 9.55 Å². The van der Waals surface area contributed by atoms with Gasteiger partial charge in [0.1, 0.15) is 4.83 Å². The summed E-state index contributed by atoms with van der Waals surface area (Å²) in [5, 5.41) is 2.52. The van der Waals surface area contributed by atoms with Gasteiger partial charge in [0, 0.05) is 15.1 Å². The van der Waals surface area contributed by atoms with E-state index in [2.05, 4.69) is 10.4 Å². The van der Waals surface area contributed by atoms with Gasteiger partial charge in [-0.05, 0) is 62.4 Å². The summed E-state index contributed by atoms with van der Waals surface area (Å²) in [7, 11) is 0. The summed E-state index contributed by atoms with van der Waals surface area (Å²) in [6.45, 7) is 4.02. The molecule has 0 unspecified atom stereocenters. The van der Waals surface area contributed by atoms with E-state index >= 15 is 0 Å². The Kier molecular flexibility index (Phi) is 4.58. The second kappa shape index (κ2) is 6.75. The fraction of sp³-hybridized carbons (Fsp3) is 0.389. The van der Waals surface area contributed by atoms with Gasteiger partial charge in [0.2, 0.25) is 4.77 Å². The molecule has 0 saturated carbocycles. The first-order chi connectivity index (χ1) is 12.5. The molecule has 5 nitrogen and oxygen atoms in total. The molecule has 0 spiro atoms. The highest BCUT2D eigenvalue weighted by atomic mass is 32.1. The normalized spacial score (nSPS) is 13.8. The maximum absolute atomic E-state index is 13.1. The monoisotopic (exact) mass is 405 g/mol. The van der Waals surface area contributed by atoms with Crippen molar-refractivity contribution in [1.29, 1.82) is 0 Å². The molecule has 0 aromatic carbocycles. The number of aryl methyl sites for hydroxylation is 3. The molecule has 0 radical (unpaired) electrons. The van der Waals surface area contributed by atoms with Gasteiger partial charge in [-0.3, -0.25) is 15.0 Å². The molecule has 1 amide bonds. The number of carbonyl (C=O) groups is 1. The topological polar surface area (TPSA) is 66.9 Å². The molecule has 3 heterocycles. The quantitative estimate of drug-likeness (QED) is 0.638. The predicted molar refractivity (Wildman–Crippen MR) is 110 cm³/mol. The van der Waals surface area contributed by atoms with Crippen LogP contribution in [0.15, 0.2) is 10.2 Å². The Morgan fingerprint density at radius 1 is 1.38 bits per heavy atom. The number of rotatable bonds is 3. The van der Waals surface area contributed by atoms with Crippen LogP contribution in [0.3, 0.4) is 0 Å². The van der Waals surface area contributed by atoms with Gasteiger partial charge in [-0.1, -0.05) is 6.92 Å². The molecule has 0 bridgehead atoms. The van der Waals surface area contributed by atoms with Crippen LogP contribution in [0.2, 0.25) is 0 Å². The van der Waals surface area contributed by atoms with E-state index in [-0.39, 0.29) is 16.2 Å². The third kappa shape index (κ3) is 2.76. The van der Waals surface area contributed by atoms with Crippen LogP contribution in [0.5, 0.6) is 0 Å². The van der Waals surface area contributed by atoms with Crippen molar-refractivity contribution in [2.24, 2.45) is 0 Å². The predicted octanol–water partition coefficient (Wildman–Crippen LogP) is 4.32. The SMILES string of the molecule is CCc1c(C(=O)Nn2c(=S)[nH]c3sc4c(c3c2=O)CCCC4)csc1C. The lowest BCUT2D eigenvalue weighted by Gasteiger charge is -2.11. The van der Waals surface area contributed by atoms with Gasteiger partial charge >= 0.3 is 0 Å². The molecule has 26 heavy (non-hydrogen) atoms. The van der Waals surface area contributed by atoms with Crippen LogP contribution in [-0.4, -0.2) is 15.6 Å². The summed E-state index contributed by atoms with van der Waals surface area (Å²) in [5.74, 6) is -0.295. The molecule has 1 aliphatic carbocycles. The zero-order valence-corrected chi connectivity index (χ0v) is 17.1. The second-order valence-corrected chi connectivity index (χ2v) is 9.04. The largest absolute Gasteiger partial charge is 0.322 e. The zero-order chi connectivity index (χ0) is 18.4. The van der Waals surface area contributed by atoms with Gasteiger partial charge in [-0.2, -0.15) is 4.68 Å². The minimum absolute atomic E-state index is 0.222. The highest BCUT2D eigenvalue weighted by Crippen LogP contribution is 2.33. The molecule has 0 saturated heterocycles. The zero-order valence-electron chi connectivity index (χ0n) is 14.6. The first-order valence-electron chi connectivity index (χ1n) is 8.69. The summed E-state index contributed by atoms with van der Waals surface area (Å²) >= 11 is 8.50. The van der Waals surface area contributed by atoms with E-state index in [1.807, 2.05) is 19.2 Å². The third-order valence-electron chi connectivity index (χ3n) is 4.93. The van der Waals surface area contributed by atoms with Crippen molar-refractivity contribution in [3.63, 3.8) is 0 Å². The van der Waals surface area contributed by atoms with Gasteiger partial charge in [-0.25, -0.2) is 0 Å². The molecular weight excluding hydrogens is 386 g/mol. The van der Waals surface area contributed by atoms with Crippen molar-refractivity contribution in [3.8, 4) is 0 Å². The Morgan fingerprint density at radius 2 is 2.15 bits per heavy atom. The highest BCUT2D eigenvalue weighted by molar-refractivity contribution is 7.71. The van der Waals surface area contributed by atoms with Gasteiger partial charge in [0.05, 0.1) is 10.9 Å². The first kappa shape index (κ1) is 17.6. The molecule has 0 atom stereocenters. The fourth-order valence-electron chi connectivity index (χ4n) is 3.61. The van der Waals surface area contributed by atoms with E-state index in [0.717, 1.165) is 52.9 Å². The Bertz CT molecular complexity index is 1130. The number of aromatic amines is 1. The number of amides is 1. The number of fused-ring (bicyclic) bond motifs is 3. The lowest BCUT2D eigenvalue weighted by molar-refractivity contribution is 0.101. The Labute approximate surface area is 163 Å². The average molecular weight is 406 g/mol. The Morgan fingerprint density at radius 3 is 2.92 bits per heavy atom. The minimum atomic E-state index is -0.295. The van der Waals surface area contributed by atoms with Crippen molar-refractivity contribution in [2.45, 2.75) is 46.0 Å². The average Bonchev–Trinajstić information content (AvgIpc) is 3.18. The van der Waals surface area contributed by atoms with Crippen LogP contribution >= 0.6 is 34.9 Å². The Hall–Kier alpha value is -1.77. The molecule has 1 aliphatic rings. The minimum Gasteiger partial charge on any atom is -0.322 e. The van der Waals surface area contributed by atoms with Crippen LogP contribution in [0, 0.1) is 11.7 Å². The maximum Gasteiger partial charge on any atom is 0.282 e. The molecule has 8 heteroatoms. The van der Waals surface area contributed by atoms with Crippen LogP contribution in [0.4, 0.5) is 0 Å². The Balaban J connectivity index is 1.80. The van der Waals surface area contributed by atoms with E-state index < -0.39 is 0 Å². The van der Waals surface area contributed by atoms with E-state index in [4.69, 9.17) is 12.2 Å². The van der Waals surface area contributed by atoms with Crippen molar-refractivity contribution in [2.75, 3.05) is 5.43 Å². The summed E-state index contributed by atoms with van der Waals surface area (Å²) in [6, 6.07) is 0. The summed E-state index contributed by atoms with van der Waals surface area (Å²) in [4.78, 5) is 32.2. The van der Waals surface area contributed by atoms with Crippen LogP contribution in [0.25, 0.3) is 10.2 Å². The number of carbonyl (C=O) groups excluding carboxylic acids is 1. The standard InChI is InChI=1S/C18H19N3O2S3/c1-3-10-9(2)25-8-12(10)15(22)20-21-17(23)14-11-6-4-5-7-13(11)26-16(14)19-18(21)24/h8H,3-7H2,1-2H3,(H,19,24)(H,20,22). The van der Waals surface area contributed by atoms with Crippen LogP contribution < -0.4 is 11.0 Å². The van der Waals surface area contributed by atoms with E-state index in [0.29, 0.717) is 10.9 Å². The maximum atomic E-state index is 13.1. The number of hydrogen-bond acceptors (Lipinski definition) is 5. The number of aromatic nitrogens is 2. The van der Waals surface area contributed by atoms with Crippen LogP contribution in [0.1, 0.15) is 51.0 Å². The molecular formula is C18H19N3O2S3. The van der Waals surface area contributed by atoms with Crippen molar-refractivity contribution < 1.29 is 4.79 Å². The molecule has 3 aromatic heterocycles. The lowest BCUT2D eigenvalue weighted by atomic mass is 9.97. The molecule has 3 aromatic rings. The number of H-pyrrole nitrogens is 1. The summed E-state index contributed by atoms with van der Waals surface area (Å²) in [5.41, 5.74) is 5.23. The summed E-state index contributed by atoms with van der Waals surface area (Å²) < 4.78 is 1.41. The molecule has 4 rings (SSSR count). The first-order valence-corrected chi connectivity index (χ1v) is 10.8. The van der Waals surface area contributed by atoms with Crippen molar-refractivity contribution in [1.82, 2.24) is 9.66 Å². The van der Waals surface area contributed by atoms with E-state index in [9.17, 15) is 9.59 Å². The number of thiophene rings is 2. The number of hydrogen-bond donors (Lipinski definition) is 2. The lowest BCUT2D eigenvalue weighted by Crippen LogP contribution is -2.34. The molecule has 136 valence electrons. The van der Waals surface area contributed by atoms with Gasteiger partial charge in [0.25, 0.3) is 11.5 Å². The smallest absolute Gasteiger partial charge is 0.282 e. The second-order valence-electron chi connectivity index (χ2n) is 6.46. The highest BCUT2D eigenvalue weighted by Gasteiger charge is 2.21. The molecule has 0 aliphatic heterocycles. The third-order valence-corrected chi connectivity index (χ3v) is 7.37. The van der Waals surface area contributed by atoms with Crippen molar-refractivity contribution >= 4 is 51.0 Å². The van der Waals surface area contributed by atoms with E-state index in [1.54, 1.807) is 22.7 Å². The van der Waals surface area contributed by atoms with Crippen molar-refractivity contribution in [3.05, 3.63) is 46.9 Å².